The number of nitrogens with zero attached hydrogens (tertiary/aromatic N) is 1. The average Bonchev–Trinajstić information content (AvgIpc) is 2.42. The summed E-state index contributed by atoms with van der Waals surface area (Å²) in [6, 6.07) is 6.69. The summed E-state index contributed by atoms with van der Waals surface area (Å²) in [4.78, 5) is 10.1. The summed E-state index contributed by atoms with van der Waals surface area (Å²) in [5.74, 6) is 2.04. The monoisotopic (exact) mass is 284 g/mol. The van der Waals surface area contributed by atoms with Gasteiger partial charge in [0.05, 0.1) is 4.92 Å². The molecular formula is C13H20N2O3S. The van der Waals surface area contributed by atoms with Gasteiger partial charge in [-0.3, -0.25) is 10.1 Å². The van der Waals surface area contributed by atoms with Gasteiger partial charge in [-0.2, -0.15) is 11.8 Å². The SMILES string of the molecule is O=[N+]([O-])c1ccc(CCNCCSCCCO)cc1. The first-order chi connectivity index (χ1) is 9.24. The summed E-state index contributed by atoms with van der Waals surface area (Å²) in [6.07, 6.45) is 1.73. The van der Waals surface area contributed by atoms with Crippen molar-refractivity contribution >= 4 is 17.4 Å². The van der Waals surface area contributed by atoms with E-state index in [2.05, 4.69) is 5.32 Å². The molecule has 6 heteroatoms. The van der Waals surface area contributed by atoms with E-state index in [9.17, 15) is 10.1 Å². The number of thioether (sulfide) groups is 1. The Kier molecular flexibility index (Phi) is 8.20. The van der Waals surface area contributed by atoms with E-state index in [1.807, 2.05) is 11.8 Å². The molecule has 0 saturated carbocycles. The molecule has 0 aliphatic carbocycles. The molecule has 0 atom stereocenters. The van der Waals surface area contributed by atoms with Gasteiger partial charge in [-0.05, 0) is 30.7 Å². The Balaban J connectivity index is 2.07. The lowest BCUT2D eigenvalue weighted by Crippen LogP contribution is -2.20. The van der Waals surface area contributed by atoms with Crippen LogP contribution in [0.1, 0.15) is 12.0 Å². The highest BCUT2D eigenvalue weighted by Crippen LogP contribution is 2.11. The zero-order valence-electron chi connectivity index (χ0n) is 10.9. The number of aliphatic hydroxyl groups excluding tert-OH is 1. The molecule has 0 aliphatic heterocycles. The van der Waals surface area contributed by atoms with Gasteiger partial charge in [0, 0.05) is 31.0 Å². The van der Waals surface area contributed by atoms with Crippen LogP contribution in [0.4, 0.5) is 5.69 Å². The van der Waals surface area contributed by atoms with Crippen LogP contribution in [-0.4, -0.2) is 41.2 Å². The Bertz CT molecular complexity index is 371. The zero-order chi connectivity index (χ0) is 13.9. The van der Waals surface area contributed by atoms with Crippen molar-refractivity contribution in [1.82, 2.24) is 5.32 Å². The molecule has 0 spiro atoms. The quantitative estimate of drug-likeness (QED) is 0.389. The number of benzene rings is 1. The summed E-state index contributed by atoms with van der Waals surface area (Å²) >= 11 is 1.83. The lowest BCUT2D eigenvalue weighted by molar-refractivity contribution is -0.384. The lowest BCUT2D eigenvalue weighted by atomic mass is 10.1. The smallest absolute Gasteiger partial charge is 0.269 e. The van der Waals surface area contributed by atoms with Crippen LogP contribution in [0.2, 0.25) is 0 Å². The second kappa shape index (κ2) is 9.77. The van der Waals surface area contributed by atoms with E-state index < -0.39 is 0 Å². The molecule has 19 heavy (non-hydrogen) atoms. The maximum atomic E-state index is 10.5. The summed E-state index contributed by atoms with van der Waals surface area (Å²) < 4.78 is 0. The third-order valence-electron chi connectivity index (χ3n) is 2.61. The van der Waals surface area contributed by atoms with Crippen molar-refractivity contribution in [2.45, 2.75) is 12.8 Å². The highest BCUT2D eigenvalue weighted by atomic mass is 32.2. The first kappa shape index (κ1) is 15.9. The van der Waals surface area contributed by atoms with Crippen LogP contribution < -0.4 is 5.32 Å². The standard InChI is InChI=1S/C13H20N2O3S/c16-9-1-10-19-11-8-14-7-6-12-2-4-13(5-3-12)15(17)18/h2-5,14,16H,1,6-11H2. The first-order valence-corrected chi connectivity index (χ1v) is 7.52. The van der Waals surface area contributed by atoms with E-state index in [1.54, 1.807) is 24.3 Å². The highest BCUT2D eigenvalue weighted by molar-refractivity contribution is 7.99. The van der Waals surface area contributed by atoms with Gasteiger partial charge in [0.2, 0.25) is 0 Å². The average molecular weight is 284 g/mol. The number of nitro benzene ring substituents is 1. The normalized spacial score (nSPS) is 10.6. The van der Waals surface area contributed by atoms with Gasteiger partial charge in [0.1, 0.15) is 0 Å². The van der Waals surface area contributed by atoms with E-state index in [-0.39, 0.29) is 17.2 Å². The summed E-state index contributed by atoms with van der Waals surface area (Å²) in [7, 11) is 0. The van der Waals surface area contributed by atoms with Crippen LogP contribution in [0.3, 0.4) is 0 Å². The number of non-ortho nitro benzene ring substituents is 1. The summed E-state index contributed by atoms with van der Waals surface area (Å²) in [6.45, 7) is 2.09. The molecule has 0 unspecified atom stereocenters. The van der Waals surface area contributed by atoms with Crippen LogP contribution in [0.25, 0.3) is 0 Å². The predicted octanol–water partition coefficient (Wildman–Crippen LogP) is 1.84. The molecule has 5 nitrogen and oxygen atoms in total. The van der Waals surface area contributed by atoms with Crippen LogP contribution in [0.5, 0.6) is 0 Å². The van der Waals surface area contributed by atoms with Crippen LogP contribution >= 0.6 is 11.8 Å². The number of nitro groups is 1. The minimum absolute atomic E-state index is 0.136. The Hall–Kier alpha value is -1.11. The van der Waals surface area contributed by atoms with E-state index >= 15 is 0 Å². The minimum atomic E-state index is -0.383. The molecule has 0 aromatic heterocycles. The largest absolute Gasteiger partial charge is 0.396 e. The van der Waals surface area contributed by atoms with Gasteiger partial charge in [0.15, 0.2) is 0 Å². The van der Waals surface area contributed by atoms with Crippen LogP contribution in [0, 0.1) is 10.1 Å². The fourth-order valence-corrected chi connectivity index (χ4v) is 2.38. The highest BCUT2D eigenvalue weighted by Gasteiger charge is 2.03. The van der Waals surface area contributed by atoms with Crippen molar-refractivity contribution in [3.05, 3.63) is 39.9 Å². The molecule has 0 bridgehead atoms. The van der Waals surface area contributed by atoms with Crippen molar-refractivity contribution in [1.29, 1.82) is 0 Å². The number of aliphatic hydroxyl groups is 1. The van der Waals surface area contributed by atoms with Gasteiger partial charge < -0.3 is 10.4 Å². The van der Waals surface area contributed by atoms with Crippen LogP contribution in [-0.2, 0) is 6.42 Å². The van der Waals surface area contributed by atoms with Gasteiger partial charge in [-0.15, -0.1) is 0 Å². The van der Waals surface area contributed by atoms with Crippen molar-refractivity contribution in [2.75, 3.05) is 31.2 Å². The fraction of sp³-hybridized carbons (Fsp3) is 0.538. The fourth-order valence-electron chi connectivity index (χ4n) is 1.56. The Morgan fingerprint density at radius 3 is 2.58 bits per heavy atom. The molecule has 0 aliphatic rings. The summed E-state index contributed by atoms with van der Waals surface area (Å²) in [5, 5.41) is 22.4. The Labute approximate surface area is 117 Å². The molecule has 106 valence electrons. The summed E-state index contributed by atoms with van der Waals surface area (Å²) in [5.41, 5.74) is 1.24. The third-order valence-corrected chi connectivity index (χ3v) is 3.68. The van der Waals surface area contributed by atoms with E-state index in [4.69, 9.17) is 5.11 Å². The zero-order valence-corrected chi connectivity index (χ0v) is 11.7. The Morgan fingerprint density at radius 1 is 1.21 bits per heavy atom. The van der Waals surface area contributed by atoms with Crippen LogP contribution in [0.15, 0.2) is 24.3 Å². The Morgan fingerprint density at radius 2 is 1.95 bits per heavy atom. The van der Waals surface area contributed by atoms with Crippen molar-refractivity contribution in [2.24, 2.45) is 0 Å². The number of nitrogens with one attached hydrogen (secondary N) is 1. The molecule has 1 rings (SSSR count). The molecule has 2 N–H and O–H groups in total. The van der Waals surface area contributed by atoms with E-state index in [0.29, 0.717) is 0 Å². The van der Waals surface area contributed by atoms with Crippen molar-refractivity contribution in [3.63, 3.8) is 0 Å². The predicted molar refractivity (Wildman–Crippen MR) is 78.7 cm³/mol. The number of hydrogen-bond donors (Lipinski definition) is 2. The van der Waals surface area contributed by atoms with Gasteiger partial charge in [-0.25, -0.2) is 0 Å². The number of hydrogen-bond acceptors (Lipinski definition) is 5. The molecule has 1 aromatic carbocycles. The minimum Gasteiger partial charge on any atom is -0.396 e. The molecule has 0 heterocycles. The van der Waals surface area contributed by atoms with Gasteiger partial charge in [-0.1, -0.05) is 12.1 Å². The second-order valence-corrected chi connectivity index (χ2v) is 5.34. The van der Waals surface area contributed by atoms with Gasteiger partial charge >= 0.3 is 0 Å². The van der Waals surface area contributed by atoms with Gasteiger partial charge in [0.25, 0.3) is 5.69 Å². The topological polar surface area (TPSA) is 75.4 Å². The molecular weight excluding hydrogens is 264 g/mol. The third kappa shape index (κ3) is 7.15. The molecule has 1 aromatic rings. The first-order valence-electron chi connectivity index (χ1n) is 6.36. The van der Waals surface area contributed by atoms with E-state index in [0.717, 1.165) is 43.0 Å². The molecule has 0 radical (unpaired) electrons. The van der Waals surface area contributed by atoms with E-state index in [1.165, 1.54) is 0 Å². The molecule has 0 saturated heterocycles. The molecule has 0 fully saturated rings. The maximum Gasteiger partial charge on any atom is 0.269 e. The molecule has 0 amide bonds. The lowest BCUT2D eigenvalue weighted by Gasteiger charge is -2.04. The van der Waals surface area contributed by atoms with Crippen molar-refractivity contribution in [3.8, 4) is 0 Å². The maximum absolute atomic E-state index is 10.5. The van der Waals surface area contributed by atoms with Crippen molar-refractivity contribution < 1.29 is 10.0 Å². The number of rotatable bonds is 10. The second-order valence-electron chi connectivity index (χ2n) is 4.11.